The molecule has 1 spiro atoms. The van der Waals surface area contributed by atoms with E-state index in [0.29, 0.717) is 6.42 Å². The van der Waals surface area contributed by atoms with Crippen LogP contribution in [-0.4, -0.2) is 35.6 Å². The Kier molecular flexibility index (Phi) is 4.70. The number of benzene rings is 2. The van der Waals surface area contributed by atoms with Gasteiger partial charge in [-0.2, -0.15) is 0 Å². The maximum Gasteiger partial charge on any atom is 0.226 e. The Hall–Kier alpha value is -2.92. The second-order valence-corrected chi connectivity index (χ2v) is 8.48. The average molecular weight is 422 g/mol. The van der Waals surface area contributed by atoms with Crippen LogP contribution in [0.1, 0.15) is 24.1 Å². The number of halogens is 1. The maximum atomic E-state index is 12.9. The fourth-order valence-corrected chi connectivity index (χ4v) is 4.87. The van der Waals surface area contributed by atoms with Crippen LogP contribution < -0.4 is 10.1 Å². The number of ether oxygens (including phenoxy) is 1. The molecule has 1 N–H and O–H groups in total. The molecule has 2 aliphatic rings. The molecule has 1 saturated heterocycles. The fourth-order valence-electron chi connectivity index (χ4n) is 4.70. The Morgan fingerprint density at radius 2 is 1.97 bits per heavy atom. The number of aromatic nitrogens is 1. The van der Waals surface area contributed by atoms with E-state index in [4.69, 9.17) is 16.3 Å². The summed E-state index contributed by atoms with van der Waals surface area (Å²) in [4.78, 5) is 14.9. The minimum Gasteiger partial charge on any atom is -0.497 e. The van der Waals surface area contributed by atoms with E-state index in [0.717, 1.165) is 53.6 Å². The number of amides is 1. The van der Waals surface area contributed by atoms with Crippen LogP contribution in [0.25, 0.3) is 5.69 Å². The van der Waals surface area contributed by atoms with Gasteiger partial charge in [0.15, 0.2) is 0 Å². The number of hydrogen-bond acceptors (Lipinski definition) is 3. The molecular formula is C24H24ClN3O2. The molecule has 1 fully saturated rings. The largest absolute Gasteiger partial charge is 0.497 e. The molecule has 0 aliphatic carbocycles. The van der Waals surface area contributed by atoms with Crippen LogP contribution >= 0.6 is 11.6 Å². The van der Waals surface area contributed by atoms with E-state index >= 15 is 0 Å². The lowest BCUT2D eigenvalue weighted by Crippen LogP contribution is -2.51. The minimum absolute atomic E-state index is 0.163. The predicted molar refractivity (Wildman–Crippen MR) is 119 cm³/mol. The first-order valence-corrected chi connectivity index (χ1v) is 10.6. The van der Waals surface area contributed by atoms with Gasteiger partial charge in [0.1, 0.15) is 5.75 Å². The summed E-state index contributed by atoms with van der Waals surface area (Å²) in [7, 11) is 1.64. The second-order valence-electron chi connectivity index (χ2n) is 8.04. The van der Waals surface area contributed by atoms with Gasteiger partial charge in [-0.1, -0.05) is 23.7 Å². The van der Waals surface area contributed by atoms with Crippen LogP contribution in [0.15, 0.2) is 60.8 Å². The van der Waals surface area contributed by atoms with Gasteiger partial charge < -0.3 is 19.5 Å². The summed E-state index contributed by atoms with van der Waals surface area (Å²) in [5.41, 5.74) is 4.20. The highest BCUT2D eigenvalue weighted by atomic mass is 35.5. The van der Waals surface area contributed by atoms with Crippen LogP contribution in [0.3, 0.4) is 0 Å². The Morgan fingerprint density at radius 3 is 2.77 bits per heavy atom. The zero-order valence-corrected chi connectivity index (χ0v) is 17.7. The minimum atomic E-state index is -0.170. The SMILES string of the molecule is COc1cccc(CC(=O)N2CCC3(CC2)Nc2ccc(Cl)cc2-n2cccc23)c1. The third-order valence-electron chi connectivity index (χ3n) is 6.29. The van der Waals surface area contributed by atoms with Crippen molar-refractivity contribution in [1.29, 1.82) is 0 Å². The Morgan fingerprint density at radius 1 is 1.13 bits per heavy atom. The average Bonchev–Trinajstić information content (AvgIpc) is 3.26. The van der Waals surface area contributed by atoms with Crippen molar-refractivity contribution in [2.45, 2.75) is 24.8 Å². The van der Waals surface area contributed by atoms with Crippen LogP contribution in [-0.2, 0) is 16.8 Å². The van der Waals surface area contributed by atoms with Crippen molar-refractivity contribution in [3.05, 3.63) is 77.1 Å². The quantitative estimate of drug-likeness (QED) is 0.671. The molecule has 2 aromatic carbocycles. The van der Waals surface area contributed by atoms with Crippen molar-refractivity contribution in [1.82, 2.24) is 9.47 Å². The highest BCUT2D eigenvalue weighted by Crippen LogP contribution is 2.44. The number of carbonyl (C=O) groups excluding carboxylic acids is 1. The van der Waals surface area contributed by atoms with E-state index in [-0.39, 0.29) is 11.4 Å². The number of likely N-dealkylation sites (tertiary alicyclic amines) is 1. The molecule has 3 aromatic rings. The number of nitrogens with one attached hydrogen (secondary N) is 1. The summed E-state index contributed by atoms with van der Waals surface area (Å²) < 4.78 is 7.50. The Bertz CT molecular complexity index is 1100. The number of nitrogens with zero attached hydrogens (tertiary/aromatic N) is 2. The lowest BCUT2D eigenvalue weighted by Gasteiger charge is -2.46. The third kappa shape index (κ3) is 3.23. The van der Waals surface area contributed by atoms with E-state index in [1.165, 1.54) is 5.69 Å². The van der Waals surface area contributed by atoms with Crippen LogP contribution in [0.5, 0.6) is 5.75 Å². The molecule has 0 radical (unpaired) electrons. The number of fused-ring (bicyclic) bond motifs is 4. The lowest BCUT2D eigenvalue weighted by atomic mass is 9.82. The van der Waals surface area contributed by atoms with E-state index in [9.17, 15) is 4.79 Å². The number of carbonyl (C=O) groups is 1. The Balaban J connectivity index is 1.33. The number of methoxy groups -OCH3 is 1. The number of hydrogen-bond donors (Lipinski definition) is 1. The van der Waals surface area contributed by atoms with Crippen molar-refractivity contribution in [3.8, 4) is 11.4 Å². The van der Waals surface area contributed by atoms with Gasteiger partial charge >= 0.3 is 0 Å². The molecule has 3 heterocycles. The molecule has 30 heavy (non-hydrogen) atoms. The van der Waals surface area contributed by atoms with Gasteiger partial charge in [-0.3, -0.25) is 4.79 Å². The van der Waals surface area contributed by atoms with Gasteiger partial charge in [0.2, 0.25) is 5.91 Å². The fraction of sp³-hybridized carbons (Fsp3) is 0.292. The Labute approximate surface area is 181 Å². The van der Waals surface area contributed by atoms with Gasteiger partial charge in [-0.25, -0.2) is 0 Å². The summed E-state index contributed by atoms with van der Waals surface area (Å²) >= 11 is 6.23. The van der Waals surface area contributed by atoms with Crippen molar-refractivity contribution >= 4 is 23.2 Å². The first-order valence-electron chi connectivity index (χ1n) is 10.2. The van der Waals surface area contributed by atoms with E-state index in [2.05, 4.69) is 28.2 Å². The summed E-state index contributed by atoms with van der Waals surface area (Å²) in [6.45, 7) is 1.45. The maximum absolute atomic E-state index is 12.9. The highest BCUT2D eigenvalue weighted by molar-refractivity contribution is 6.30. The zero-order valence-electron chi connectivity index (χ0n) is 16.9. The molecule has 154 valence electrons. The summed E-state index contributed by atoms with van der Waals surface area (Å²) in [5, 5.41) is 4.50. The first kappa shape index (κ1) is 19.1. The molecule has 5 nitrogen and oxygen atoms in total. The monoisotopic (exact) mass is 421 g/mol. The predicted octanol–water partition coefficient (Wildman–Crippen LogP) is 4.63. The molecule has 1 amide bonds. The standard InChI is InChI=1S/C24H24ClN3O2/c1-30-19-5-2-4-17(14-19)15-23(29)27-12-9-24(10-13-27)22-6-3-11-28(22)21-16-18(25)7-8-20(21)26-24/h2-8,11,14,16,26H,9-10,12-13,15H2,1H3. The topological polar surface area (TPSA) is 46.5 Å². The van der Waals surface area contributed by atoms with Crippen LogP contribution in [0.2, 0.25) is 5.02 Å². The van der Waals surface area contributed by atoms with Crippen LogP contribution in [0.4, 0.5) is 5.69 Å². The molecule has 0 atom stereocenters. The van der Waals surface area contributed by atoms with Crippen molar-refractivity contribution < 1.29 is 9.53 Å². The molecular weight excluding hydrogens is 398 g/mol. The van der Waals surface area contributed by atoms with E-state index in [1.54, 1.807) is 7.11 Å². The van der Waals surface area contributed by atoms with Gasteiger partial charge in [-0.15, -0.1) is 0 Å². The third-order valence-corrected chi connectivity index (χ3v) is 6.53. The second kappa shape index (κ2) is 7.40. The first-order chi connectivity index (χ1) is 14.6. The highest BCUT2D eigenvalue weighted by Gasteiger charge is 2.42. The number of anilines is 1. The van der Waals surface area contributed by atoms with Gasteiger partial charge in [0.05, 0.1) is 30.4 Å². The number of piperidine rings is 1. The summed E-state index contributed by atoms with van der Waals surface area (Å²) in [5.74, 6) is 0.945. The number of rotatable bonds is 3. The molecule has 1 aromatic heterocycles. The molecule has 0 bridgehead atoms. The molecule has 0 saturated carbocycles. The summed E-state index contributed by atoms with van der Waals surface area (Å²) in [6.07, 6.45) is 4.22. The zero-order chi connectivity index (χ0) is 20.7. The lowest BCUT2D eigenvalue weighted by molar-refractivity contribution is -0.132. The van der Waals surface area contributed by atoms with Crippen molar-refractivity contribution in [3.63, 3.8) is 0 Å². The molecule has 0 unspecified atom stereocenters. The molecule has 5 rings (SSSR count). The smallest absolute Gasteiger partial charge is 0.226 e. The van der Waals surface area contributed by atoms with Gasteiger partial charge in [0.25, 0.3) is 0 Å². The normalized spacial score (nSPS) is 16.5. The molecule has 6 heteroatoms. The van der Waals surface area contributed by atoms with E-state index < -0.39 is 0 Å². The van der Waals surface area contributed by atoms with Crippen molar-refractivity contribution in [2.24, 2.45) is 0 Å². The molecule has 2 aliphatic heterocycles. The van der Waals surface area contributed by atoms with Crippen molar-refractivity contribution in [2.75, 3.05) is 25.5 Å². The summed E-state index contributed by atoms with van der Waals surface area (Å²) in [6, 6.07) is 17.9. The van der Waals surface area contributed by atoms with E-state index in [1.807, 2.05) is 47.4 Å². The van der Waals surface area contributed by atoms with Crippen LogP contribution in [0, 0.1) is 0 Å². The van der Waals surface area contributed by atoms with Gasteiger partial charge in [0, 0.05) is 30.0 Å². The van der Waals surface area contributed by atoms with Gasteiger partial charge in [-0.05, 0) is 60.9 Å².